The highest BCUT2D eigenvalue weighted by Gasteiger charge is 2.31. The molecule has 2 aromatic carbocycles. The zero-order chi connectivity index (χ0) is 23.1. The fourth-order valence-corrected chi connectivity index (χ4v) is 3.04. The Labute approximate surface area is 184 Å². The van der Waals surface area contributed by atoms with Crippen LogP contribution in [0.25, 0.3) is 6.08 Å². The standard InChI is InChI=1S/C25H24F3NO3/c1-3-18(2)31-22-9-4-7-19(17-22)8-5-15-29-16-6-10-23(29)24(30)20-11-13-21(14-12-20)32-25(26,27)28/h4-14,16-18H,3,15H2,1-2H3/b8-5+/t18-/m0/s1. The molecule has 0 N–H and O–H groups in total. The zero-order valence-electron chi connectivity index (χ0n) is 17.8. The minimum Gasteiger partial charge on any atom is -0.491 e. The number of ketones is 1. The molecular formula is C25H24F3NO3. The third-order valence-electron chi connectivity index (χ3n) is 4.79. The predicted octanol–water partition coefficient (Wildman–Crippen LogP) is 6.51. The first-order valence-corrected chi connectivity index (χ1v) is 10.2. The summed E-state index contributed by atoms with van der Waals surface area (Å²) in [6.45, 7) is 4.54. The second-order valence-electron chi connectivity index (χ2n) is 7.26. The average Bonchev–Trinajstić information content (AvgIpc) is 3.21. The van der Waals surface area contributed by atoms with Crippen LogP contribution in [0.5, 0.6) is 11.5 Å². The van der Waals surface area contributed by atoms with Crippen LogP contribution in [-0.4, -0.2) is 22.8 Å². The maximum Gasteiger partial charge on any atom is 0.573 e. The Hall–Kier alpha value is -3.48. The van der Waals surface area contributed by atoms with Crippen molar-refractivity contribution in [2.24, 2.45) is 0 Å². The molecule has 0 aliphatic heterocycles. The van der Waals surface area contributed by atoms with E-state index in [0.29, 0.717) is 12.2 Å². The van der Waals surface area contributed by atoms with Crippen molar-refractivity contribution in [3.8, 4) is 11.5 Å². The van der Waals surface area contributed by atoms with Gasteiger partial charge in [0.05, 0.1) is 11.8 Å². The summed E-state index contributed by atoms with van der Waals surface area (Å²) in [5.74, 6) is 0.147. The Kier molecular flexibility index (Phi) is 7.41. The van der Waals surface area contributed by atoms with Crippen LogP contribution in [0, 0.1) is 0 Å². The molecule has 0 spiro atoms. The highest BCUT2D eigenvalue weighted by Crippen LogP contribution is 2.23. The molecule has 7 heteroatoms. The van der Waals surface area contributed by atoms with Crippen molar-refractivity contribution in [1.82, 2.24) is 4.57 Å². The first-order valence-electron chi connectivity index (χ1n) is 10.2. The molecule has 4 nitrogen and oxygen atoms in total. The monoisotopic (exact) mass is 443 g/mol. The second kappa shape index (κ2) is 10.2. The van der Waals surface area contributed by atoms with E-state index in [4.69, 9.17) is 4.74 Å². The quantitative estimate of drug-likeness (QED) is 0.354. The van der Waals surface area contributed by atoms with Gasteiger partial charge in [-0.2, -0.15) is 0 Å². The number of benzene rings is 2. The molecule has 0 bridgehead atoms. The van der Waals surface area contributed by atoms with Gasteiger partial charge in [-0.25, -0.2) is 0 Å². The zero-order valence-corrected chi connectivity index (χ0v) is 17.8. The Morgan fingerprint density at radius 2 is 1.81 bits per heavy atom. The highest BCUT2D eigenvalue weighted by atomic mass is 19.4. The molecule has 0 unspecified atom stereocenters. The van der Waals surface area contributed by atoms with Crippen LogP contribution in [0.3, 0.4) is 0 Å². The summed E-state index contributed by atoms with van der Waals surface area (Å²) in [5.41, 5.74) is 1.69. The number of aromatic nitrogens is 1. The largest absolute Gasteiger partial charge is 0.573 e. The van der Waals surface area contributed by atoms with Gasteiger partial charge in [0.15, 0.2) is 0 Å². The van der Waals surface area contributed by atoms with E-state index in [1.807, 2.05) is 43.3 Å². The third kappa shape index (κ3) is 6.51. The lowest BCUT2D eigenvalue weighted by Crippen LogP contribution is -2.17. The lowest BCUT2D eigenvalue weighted by Gasteiger charge is -2.12. The van der Waals surface area contributed by atoms with Crippen LogP contribution in [0.1, 0.15) is 41.9 Å². The van der Waals surface area contributed by atoms with E-state index >= 15 is 0 Å². The van der Waals surface area contributed by atoms with E-state index in [-0.39, 0.29) is 23.2 Å². The van der Waals surface area contributed by atoms with E-state index in [9.17, 15) is 18.0 Å². The minimum atomic E-state index is -4.77. The molecule has 0 amide bonds. The summed E-state index contributed by atoms with van der Waals surface area (Å²) in [4.78, 5) is 12.8. The number of ether oxygens (including phenoxy) is 2. The Balaban J connectivity index is 1.67. The van der Waals surface area contributed by atoms with Gasteiger partial charge in [0, 0.05) is 18.3 Å². The summed E-state index contributed by atoms with van der Waals surface area (Å²) < 4.78 is 48.4. The molecule has 3 aromatic rings. The molecule has 1 heterocycles. The van der Waals surface area contributed by atoms with Gasteiger partial charge in [-0.3, -0.25) is 4.79 Å². The first kappa shape index (κ1) is 23.2. The second-order valence-corrected chi connectivity index (χ2v) is 7.26. The van der Waals surface area contributed by atoms with Gasteiger partial charge in [-0.05, 0) is 67.4 Å². The molecular weight excluding hydrogens is 419 g/mol. The topological polar surface area (TPSA) is 40.5 Å². The van der Waals surface area contributed by atoms with Crippen LogP contribution < -0.4 is 9.47 Å². The predicted molar refractivity (Wildman–Crippen MR) is 117 cm³/mol. The van der Waals surface area contributed by atoms with E-state index in [2.05, 4.69) is 11.7 Å². The fourth-order valence-electron chi connectivity index (χ4n) is 3.04. The molecule has 1 aromatic heterocycles. The molecule has 0 radical (unpaired) electrons. The van der Waals surface area contributed by atoms with Gasteiger partial charge in [-0.1, -0.05) is 31.2 Å². The summed E-state index contributed by atoms with van der Waals surface area (Å²) >= 11 is 0. The van der Waals surface area contributed by atoms with Gasteiger partial charge in [-0.15, -0.1) is 13.2 Å². The third-order valence-corrected chi connectivity index (χ3v) is 4.79. The summed E-state index contributed by atoms with van der Waals surface area (Å²) in [7, 11) is 0. The summed E-state index contributed by atoms with van der Waals surface area (Å²) in [6.07, 6.45) is 1.94. The molecule has 0 aliphatic rings. The van der Waals surface area contributed by atoms with Crippen molar-refractivity contribution in [2.45, 2.75) is 39.3 Å². The molecule has 0 aliphatic carbocycles. The Morgan fingerprint density at radius 3 is 2.50 bits per heavy atom. The van der Waals surface area contributed by atoms with Gasteiger partial charge < -0.3 is 14.0 Å². The SMILES string of the molecule is CC[C@H](C)Oc1cccc(/C=C/Cn2cccc2C(=O)c2ccc(OC(F)(F)F)cc2)c1. The number of allylic oxidation sites excluding steroid dienone is 1. The lowest BCUT2D eigenvalue weighted by atomic mass is 10.1. The molecule has 32 heavy (non-hydrogen) atoms. The van der Waals surface area contributed by atoms with E-state index < -0.39 is 6.36 Å². The average molecular weight is 443 g/mol. The molecule has 168 valence electrons. The number of hydrogen-bond acceptors (Lipinski definition) is 3. The number of hydrogen-bond donors (Lipinski definition) is 0. The van der Waals surface area contributed by atoms with Gasteiger partial charge >= 0.3 is 6.36 Å². The molecule has 0 fully saturated rings. The molecule has 3 rings (SSSR count). The van der Waals surface area contributed by atoms with Crippen LogP contribution in [0.2, 0.25) is 0 Å². The highest BCUT2D eigenvalue weighted by molar-refractivity contribution is 6.08. The van der Waals surface area contributed by atoms with Gasteiger partial charge in [0.1, 0.15) is 11.5 Å². The first-order chi connectivity index (χ1) is 15.2. The Bertz CT molecular complexity index is 1070. The van der Waals surface area contributed by atoms with Gasteiger partial charge in [0.25, 0.3) is 0 Å². The molecule has 1 atom stereocenters. The minimum absolute atomic E-state index is 0.136. The van der Waals surface area contributed by atoms with Gasteiger partial charge in [0.2, 0.25) is 5.78 Å². The number of rotatable bonds is 9. The van der Waals surface area contributed by atoms with Crippen molar-refractivity contribution < 1.29 is 27.4 Å². The normalized spacial score (nSPS) is 12.7. The van der Waals surface area contributed by atoms with Crippen molar-refractivity contribution in [1.29, 1.82) is 0 Å². The van der Waals surface area contributed by atoms with E-state index in [1.165, 1.54) is 12.1 Å². The Morgan fingerprint density at radius 1 is 1.06 bits per heavy atom. The molecule has 0 saturated heterocycles. The number of carbonyl (C=O) groups excluding carboxylic acids is 1. The van der Waals surface area contributed by atoms with Crippen molar-refractivity contribution in [3.63, 3.8) is 0 Å². The maximum atomic E-state index is 12.8. The van der Waals surface area contributed by atoms with Crippen LogP contribution >= 0.6 is 0 Å². The van der Waals surface area contributed by atoms with Crippen LogP contribution in [-0.2, 0) is 6.54 Å². The van der Waals surface area contributed by atoms with Crippen LogP contribution in [0.4, 0.5) is 13.2 Å². The van der Waals surface area contributed by atoms with E-state index in [1.54, 1.807) is 22.9 Å². The maximum absolute atomic E-state index is 12.8. The van der Waals surface area contributed by atoms with Crippen molar-refractivity contribution >= 4 is 11.9 Å². The van der Waals surface area contributed by atoms with E-state index in [0.717, 1.165) is 29.9 Å². The summed E-state index contributed by atoms with van der Waals surface area (Å²) in [6, 6.07) is 16.1. The fraction of sp³-hybridized carbons (Fsp3) is 0.240. The molecule has 0 saturated carbocycles. The lowest BCUT2D eigenvalue weighted by molar-refractivity contribution is -0.274. The number of carbonyl (C=O) groups is 1. The van der Waals surface area contributed by atoms with Crippen LogP contribution in [0.15, 0.2) is 72.9 Å². The number of nitrogens with zero attached hydrogens (tertiary/aromatic N) is 1. The smallest absolute Gasteiger partial charge is 0.491 e. The number of alkyl halides is 3. The van der Waals surface area contributed by atoms with Crippen molar-refractivity contribution in [2.75, 3.05) is 0 Å². The summed E-state index contributed by atoms with van der Waals surface area (Å²) in [5, 5.41) is 0. The van der Waals surface area contributed by atoms with Crippen molar-refractivity contribution in [3.05, 3.63) is 89.8 Å². The number of halogens is 3.